The number of anilines is 1. The number of aromatic nitrogens is 1. The molecule has 3 heterocycles. The Morgan fingerprint density at radius 2 is 1.88 bits per heavy atom. The number of thiophene rings is 1. The number of nitrogens with two attached hydrogens (primary N) is 1. The van der Waals surface area contributed by atoms with Crippen molar-refractivity contribution in [1.29, 1.82) is 0 Å². The normalized spacial score (nSPS) is 17.4. The molecule has 2 N–H and O–H groups in total. The molecule has 0 saturated heterocycles. The Balaban J connectivity index is 1.88. The molecule has 7 heteroatoms. The van der Waals surface area contributed by atoms with Crippen LogP contribution in [-0.4, -0.2) is 16.7 Å². The Hall–Kier alpha value is -2.77. The first-order valence-electron chi connectivity index (χ1n) is 7.54. The Kier molecular flexibility index (Phi) is 3.95. The summed E-state index contributed by atoms with van der Waals surface area (Å²) in [6, 6.07) is 12.4. The predicted molar refractivity (Wildman–Crippen MR) is 98.6 cm³/mol. The molecule has 4 rings (SSSR count). The second kappa shape index (κ2) is 6.27. The van der Waals surface area contributed by atoms with Gasteiger partial charge in [-0.1, -0.05) is 36.4 Å². The number of amides is 1. The number of nitrogens with zero attached hydrogens (tertiary/aromatic N) is 2. The van der Waals surface area contributed by atoms with Crippen LogP contribution in [0.3, 0.4) is 0 Å². The van der Waals surface area contributed by atoms with Crippen LogP contribution in [0.5, 0.6) is 0 Å². The van der Waals surface area contributed by atoms with Crippen molar-refractivity contribution in [2.24, 2.45) is 5.73 Å². The lowest BCUT2D eigenvalue weighted by Gasteiger charge is -2.24. The van der Waals surface area contributed by atoms with Crippen molar-refractivity contribution in [3.05, 3.63) is 81.1 Å². The van der Waals surface area contributed by atoms with Crippen molar-refractivity contribution in [2.45, 2.75) is 6.04 Å². The summed E-state index contributed by atoms with van der Waals surface area (Å²) in [4.78, 5) is 32.2. The SMILES string of the molecule is NC1=C(C(=O)c2cccs2)C(c2ccccc2)N(c2nccs2)C1=O. The third kappa shape index (κ3) is 2.57. The average Bonchev–Trinajstić information content (AvgIpc) is 3.37. The lowest BCUT2D eigenvalue weighted by Crippen LogP contribution is -2.31. The van der Waals surface area contributed by atoms with Crippen LogP contribution in [-0.2, 0) is 4.79 Å². The van der Waals surface area contributed by atoms with E-state index in [9.17, 15) is 9.59 Å². The van der Waals surface area contributed by atoms with E-state index in [1.54, 1.807) is 17.6 Å². The minimum atomic E-state index is -0.575. The van der Waals surface area contributed by atoms with Crippen molar-refractivity contribution in [1.82, 2.24) is 4.98 Å². The molecule has 1 aliphatic heterocycles. The van der Waals surface area contributed by atoms with Gasteiger partial charge in [-0.05, 0) is 17.0 Å². The molecule has 2 aromatic heterocycles. The maximum absolute atomic E-state index is 13.0. The first-order chi connectivity index (χ1) is 12.2. The van der Waals surface area contributed by atoms with Crippen molar-refractivity contribution >= 4 is 39.5 Å². The van der Waals surface area contributed by atoms with Gasteiger partial charge < -0.3 is 5.73 Å². The van der Waals surface area contributed by atoms with Crippen LogP contribution in [0.25, 0.3) is 0 Å². The topological polar surface area (TPSA) is 76.3 Å². The van der Waals surface area contributed by atoms with Gasteiger partial charge in [0.25, 0.3) is 5.91 Å². The molecule has 1 aliphatic rings. The van der Waals surface area contributed by atoms with Gasteiger partial charge in [-0.15, -0.1) is 22.7 Å². The first kappa shape index (κ1) is 15.7. The van der Waals surface area contributed by atoms with Crippen LogP contribution in [0.1, 0.15) is 21.3 Å². The van der Waals surface area contributed by atoms with E-state index in [1.165, 1.54) is 27.6 Å². The van der Waals surface area contributed by atoms with Gasteiger partial charge in [-0.3, -0.25) is 14.5 Å². The molecule has 5 nitrogen and oxygen atoms in total. The van der Waals surface area contributed by atoms with Gasteiger partial charge in [0.15, 0.2) is 5.13 Å². The van der Waals surface area contributed by atoms with E-state index >= 15 is 0 Å². The number of thiazole rings is 1. The number of Topliss-reactive ketones (excluding diaryl/α,β-unsaturated/α-hetero) is 1. The molecule has 0 spiro atoms. The zero-order chi connectivity index (χ0) is 17.4. The summed E-state index contributed by atoms with van der Waals surface area (Å²) in [7, 11) is 0. The number of rotatable bonds is 4. The molecule has 0 aliphatic carbocycles. The highest BCUT2D eigenvalue weighted by Gasteiger charge is 2.44. The fraction of sp³-hybridized carbons (Fsp3) is 0.0556. The van der Waals surface area contributed by atoms with E-state index in [-0.39, 0.29) is 17.4 Å². The Morgan fingerprint density at radius 1 is 1.08 bits per heavy atom. The molecule has 0 radical (unpaired) electrons. The maximum atomic E-state index is 13.0. The molecule has 1 amide bonds. The number of ketones is 1. The highest BCUT2D eigenvalue weighted by atomic mass is 32.1. The summed E-state index contributed by atoms with van der Waals surface area (Å²) < 4.78 is 0. The van der Waals surface area contributed by atoms with Crippen molar-refractivity contribution < 1.29 is 9.59 Å². The van der Waals surface area contributed by atoms with E-state index in [2.05, 4.69) is 4.98 Å². The summed E-state index contributed by atoms with van der Waals surface area (Å²) in [6.45, 7) is 0. The molecule has 0 fully saturated rings. The van der Waals surface area contributed by atoms with Gasteiger partial charge in [-0.2, -0.15) is 0 Å². The quantitative estimate of drug-likeness (QED) is 0.717. The van der Waals surface area contributed by atoms with E-state index in [4.69, 9.17) is 5.73 Å². The highest BCUT2D eigenvalue weighted by Crippen LogP contribution is 2.42. The third-order valence-corrected chi connectivity index (χ3v) is 5.64. The summed E-state index contributed by atoms with van der Waals surface area (Å²) in [5, 5.41) is 4.15. The standard InChI is InChI=1S/C18H13N3O2S2/c19-14-13(16(22)12-7-4-9-24-12)15(11-5-2-1-3-6-11)21(17(14)23)18-20-8-10-25-18/h1-10,15H,19H2. The van der Waals surface area contributed by atoms with Crippen LogP contribution in [0, 0.1) is 0 Å². The number of carbonyl (C=O) groups is 2. The zero-order valence-corrected chi connectivity index (χ0v) is 14.6. The molecular formula is C18H13N3O2S2. The minimum absolute atomic E-state index is 0.0116. The molecule has 25 heavy (non-hydrogen) atoms. The monoisotopic (exact) mass is 367 g/mol. The predicted octanol–water partition coefficient (Wildman–Crippen LogP) is 3.39. The third-order valence-electron chi connectivity index (χ3n) is 4.00. The second-order valence-electron chi connectivity index (χ2n) is 5.44. The molecule has 3 aromatic rings. The zero-order valence-electron chi connectivity index (χ0n) is 13.0. The van der Waals surface area contributed by atoms with E-state index in [1.807, 2.05) is 41.8 Å². The Labute approximate surface area is 152 Å². The molecule has 1 unspecified atom stereocenters. The van der Waals surface area contributed by atoms with Crippen LogP contribution < -0.4 is 10.6 Å². The maximum Gasteiger partial charge on any atom is 0.277 e. The average molecular weight is 367 g/mol. The first-order valence-corrected chi connectivity index (χ1v) is 9.30. The van der Waals surface area contributed by atoms with Gasteiger partial charge in [0.05, 0.1) is 16.5 Å². The van der Waals surface area contributed by atoms with E-state index in [0.717, 1.165) is 5.56 Å². The Bertz CT molecular complexity index is 948. The van der Waals surface area contributed by atoms with Crippen molar-refractivity contribution in [2.75, 3.05) is 4.90 Å². The summed E-state index contributed by atoms with van der Waals surface area (Å²) in [6.07, 6.45) is 1.63. The second-order valence-corrected chi connectivity index (χ2v) is 7.26. The smallest absolute Gasteiger partial charge is 0.277 e. The molecule has 124 valence electrons. The van der Waals surface area contributed by atoms with Crippen LogP contribution in [0.4, 0.5) is 5.13 Å². The largest absolute Gasteiger partial charge is 0.394 e. The van der Waals surface area contributed by atoms with Gasteiger partial charge in [0.2, 0.25) is 5.78 Å². The fourth-order valence-corrected chi connectivity index (χ4v) is 4.25. The lowest BCUT2D eigenvalue weighted by atomic mass is 9.95. The number of carbonyl (C=O) groups excluding carboxylic acids is 2. The number of hydrogen-bond donors (Lipinski definition) is 1. The molecule has 0 saturated carbocycles. The van der Waals surface area contributed by atoms with E-state index in [0.29, 0.717) is 15.6 Å². The van der Waals surface area contributed by atoms with Crippen LogP contribution >= 0.6 is 22.7 Å². The highest BCUT2D eigenvalue weighted by molar-refractivity contribution is 7.14. The van der Waals surface area contributed by atoms with Crippen molar-refractivity contribution in [3.8, 4) is 0 Å². The lowest BCUT2D eigenvalue weighted by molar-refractivity contribution is -0.114. The van der Waals surface area contributed by atoms with Gasteiger partial charge >= 0.3 is 0 Å². The number of benzene rings is 1. The molecule has 1 atom stereocenters. The molecular weight excluding hydrogens is 354 g/mol. The summed E-state index contributed by atoms with van der Waals surface area (Å²) >= 11 is 2.67. The van der Waals surface area contributed by atoms with Gasteiger partial charge in [0, 0.05) is 11.6 Å². The van der Waals surface area contributed by atoms with Gasteiger partial charge in [-0.25, -0.2) is 4.98 Å². The molecule has 0 bridgehead atoms. The van der Waals surface area contributed by atoms with Crippen molar-refractivity contribution in [3.63, 3.8) is 0 Å². The van der Waals surface area contributed by atoms with E-state index < -0.39 is 6.04 Å². The summed E-state index contributed by atoms with van der Waals surface area (Å²) in [5.41, 5.74) is 7.23. The number of hydrogen-bond acceptors (Lipinski definition) is 6. The van der Waals surface area contributed by atoms with Crippen LogP contribution in [0.2, 0.25) is 0 Å². The fourth-order valence-electron chi connectivity index (χ4n) is 2.91. The molecule has 1 aromatic carbocycles. The summed E-state index contributed by atoms with van der Waals surface area (Å²) in [5.74, 6) is -0.600. The minimum Gasteiger partial charge on any atom is -0.394 e. The Morgan fingerprint density at radius 3 is 2.52 bits per heavy atom. The van der Waals surface area contributed by atoms with Crippen LogP contribution in [0.15, 0.2) is 70.7 Å². The van der Waals surface area contributed by atoms with Gasteiger partial charge in [0.1, 0.15) is 5.70 Å².